The third-order valence-corrected chi connectivity index (χ3v) is 5.06. The zero-order valence-corrected chi connectivity index (χ0v) is 13.3. The lowest BCUT2D eigenvalue weighted by Crippen LogP contribution is -2.32. The third-order valence-electron chi connectivity index (χ3n) is 3.09. The molecule has 0 aromatic heterocycles. The Hall–Kier alpha value is -0.620. The standard InChI is InChI=1S/C14H22ClNO3S/c1-2-3-8-16(9-11-17)10-12-20(18,19)14-6-4-13(15)5-7-14/h4-7,17H,2-3,8-12H2,1H3. The Morgan fingerprint density at radius 1 is 1.15 bits per heavy atom. The maximum absolute atomic E-state index is 12.2. The quantitative estimate of drug-likeness (QED) is 0.758. The van der Waals surface area contributed by atoms with Gasteiger partial charge in [-0.25, -0.2) is 8.42 Å². The van der Waals surface area contributed by atoms with E-state index in [2.05, 4.69) is 6.92 Å². The Kier molecular flexibility index (Phi) is 7.51. The van der Waals surface area contributed by atoms with Crippen molar-refractivity contribution in [1.29, 1.82) is 0 Å². The Balaban J connectivity index is 2.62. The summed E-state index contributed by atoms with van der Waals surface area (Å²) in [4.78, 5) is 2.28. The van der Waals surface area contributed by atoms with Gasteiger partial charge in [-0.3, -0.25) is 0 Å². The van der Waals surface area contributed by atoms with Crippen LogP contribution in [0.2, 0.25) is 5.02 Å². The van der Waals surface area contributed by atoms with E-state index < -0.39 is 9.84 Å². The lowest BCUT2D eigenvalue weighted by Gasteiger charge is -2.20. The second-order valence-electron chi connectivity index (χ2n) is 4.69. The van der Waals surface area contributed by atoms with Crippen molar-refractivity contribution in [3.05, 3.63) is 29.3 Å². The highest BCUT2D eigenvalue weighted by Crippen LogP contribution is 2.15. The molecule has 0 aliphatic rings. The van der Waals surface area contributed by atoms with Gasteiger partial charge in [-0.1, -0.05) is 24.9 Å². The topological polar surface area (TPSA) is 57.6 Å². The van der Waals surface area contributed by atoms with E-state index in [9.17, 15) is 8.42 Å². The summed E-state index contributed by atoms with van der Waals surface area (Å²) in [6, 6.07) is 6.22. The summed E-state index contributed by atoms with van der Waals surface area (Å²) in [5.41, 5.74) is 0. The number of sulfone groups is 1. The first-order valence-electron chi connectivity index (χ1n) is 6.81. The largest absolute Gasteiger partial charge is 0.395 e. The van der Waals surface area contributed by atoms with Crippen LogP contribution in [0.3, 0.4) is 0 Å². The number of hydrogen-bond acceptors (Lipinski definition) is 4. The van der Waals surface area contributed by atoms with E-state index in [4.69, 9.17) is 16.7 Å². The fourth-order valence-corrected chi connectivity index (χ4v) is 3.28. The van der Waals surface area contributed by atoms with Crippen LogP contribution in [-0.2, 0) is 9.84 Å². The van der Waals surface area contributed by atoms with Crippen molar-refractivity contribution in [2.45, 2.75) is 24.7 Å². The van der Waals surface area contributed by atoms with Gasteiger partial charge < -0.3 is 10.0 Å². The fraction of sp³-hybridized carbons (Fsp3) is 0.571. The number of aliphatic hydroxyl groups is 1. The van der Waals surface area contributed by atoms with Gasteiger partial charge in [-0.2, -0.15) is 0 Å². The molecule has 1 aromatic carbocycles. The van der Waals surface area contributed by atoms with Gasteiger partial charge in [0.1, 0.15) is 0 Å². The van der Waals surface area contributed by atoms with Crippen LogP contribution in [0.15, 0.2) is 29.2 Å². The van der Waals surface area contributed by atoms with E-state index in [-0.39, 0.29) is 12.4 Å². The van der Waals surface area contributed by atoms with Crippen molar-refractivity contribution < 1.29 is 13.5 Å². The first-order valence-corrected chi connectivity index (χ1v) is 8.84. The number of halogens is 1. The van der Waals surface area contributed by atoms with Crippen molar-refractivity contribution in [2.24, 2.45) is 0 Å². The van der Waals surface area contributed by atoms with Crippen LogP contribution in [0, 0.1) is 0 Å². The maximum Gasteiger partial charge on any atom is 0.179 e. The van der Waals surface area contributed by atoms with Gasteiger partial charge in [0.25, 0.3) is 0 Å². The summed E-state index contributed by atoms with van der Waals surface area (Å²) in [7, 11) is -3.30. The minimum absolute atomic E-state index is 0.0463. The zero-order valence-electron chi connectivity index (χ0n) is 11.8. The van der Waals surface area contributed by atoms with Crippen molar-refractivity contribution in [3.8, 4) is 0 Å². The molecule has 0 heterocycles. The molecule has 0 radical (unpaired) electrons. The van der Waals surface area contributed by atoms with Crippen LogP contribution in [0.5, 0.6) is 0 Å². The monoisotopic (exact) mass is 319 g/mol. The fourth-order valence-electron chi connectivity index (χ4n) is 1.87. The van der Waals surface area contributed by atoms with Gasteiger partial charge >= 0.3 is 0 Å². The van der Waals surface area contributed by atoms with E-state index in [1.807, 2.05) is 4.90 Å². The molecule has 0 fully saturated rings. The van der Waals surface area contributed by atoms with E-state index >= 15 is 0 Å². The number of nitrogens with zero attached hydrogens (tertiary/aromatic N) is 1. The lowest BCUT2D eigenvalue weighted by molar-refractivity contribution is 0.201. The van der Waals surface area contributed by atoms with Gasteiger partial charge in [0.15, 0.2) is 9.84 Å². The van der Waals surface area contributed by atoms with Gasteiger partial charge in [0.05, 0.1) is 17.3 Å². The van der Waals surface area contributed by atoms with Crippen LogP contribution in [0.4, 0.5) is 0 Å². The maximum atomic E-state index is 12.2. The molecule has 1 rings (SSSR count). The molecule has 0 spiro atoms. The molecule has 0 aliphatic carbocycles. The number of unbranched alkanes of at least 4 members (excludes halogenated alkanes) is 1. The Morgan fingerprint density at radius 2 is 1.80 bits per heavy atom. The molecule has 0 saturated heterocycles. The molecule has 6 heteroatoms. The highest BCUT2D eigenvalue weighted by atomic mass is 35.5. The lowest BCUT2D eigenvalue weighted by atomic mass is 10.3. The molecular formula is C14H22ClNO3S. The smallest absolute Gasteiger partial charge is 0.179 e. The minimum Gasteiger partial charge on any atom is -0.395 e. The second-order valence-corrected chi connectivity index (χ2v) is 7.24. The van der Waals surface area contributed by atoms with E-state index in [1.165, 1.54) is 12.1 Å². The Labute approximate surface area is 126 Å². The highest BCUT2D eigenvalue weighted by Gasteiger charge is 2.16. The first kappa shape index (κ1) is 17.4. The molecule has 0 bridgehead atoms. The van der Waals surface area contributed by atoms with E-state index in [0.717, 1.165) is 19.4 Å². The predicted molar refractivity (Wildman–Crippen MR) is 81.9 cm³/mol. The molecule has 1 N–H and O–H groups in total. The predicted octanol–water partition coefficient (Wildman–Crippen LogP) is 2.21. The van der Waals surface area contributed by atoms with Crippen molar-refractivity contribution in [1.82, 2.24) is 4.90 Å². The normalized spacial score (nSPS) is 12.0. The summed E-state index contributed by atoms with van der Waals surface area (Å²) < 4.78 is 24.4. The van der Waals surface area contributed by atoms with Crippen molar-refractivity contribution >= 4 is 21.4 Å². The molecule has 0 atom stereocenters. The zero-order chi connectivity index (χ0) is 15.0. The van der Waals surface area contributed by atoms with E-state index in [1.54, 1.807) is 12.1 Å². The number of rotatable bonds is 9. The van der Waals surface area contributed by atoms with Crippen molar-refractivity contribution in [3.63, 3.8) is 0 Å². The number of hydrogen-bond donors (Lipinski definition) is 1. The average molecular weight is 320 g/mol. The van der Waals surface area contributed by atoms with Gasteiger partial charge in [0, 0.05) is 18.1 Å². The van der Waals surface area contributed by atoms with Crippen LogP contribution in [-0.4, -0.2) is 50.4 Å². The molecule has 114 valence electrons. The van der Waals surface area contributed by atoms with Crippen LogP contribution in [0.25, 0.3) is 0 Å². The molecule has 4 nitrogen and oxygen atoms in total. The minimum atomic E-state index is -3.30. The first-order chi connectivity index (χ1) is 9.49. The number of aliphatic hydroxyl groups excluding tert-OH is 1. The molecule has 0 saturated carbocycles. The van der Waals surface area contributed by atoms with Crippen molar-refractivity contribution in [2.75, 3.05) is 32.0 Å². The summed E-state index contributed by atoms with van der Waals surface area (Å²) in [6.07, 6.45) is 2.05. The highest BCUT2D eigenvalue weighted by molar-refractivity contribution is 7.91. The molecule has 0 amide bonds. The molecule has 0 unspecified atom stereocenters. The Morgan fingerprint density at radius 3 is 2.35 bits per heavy atom. The third kappa shape index (κ3) is 5.79. The van der Waals surface area contributed by atoms with E-state index in [0.29, 0.717) is 23.0 Å². The summed E-state index contributed by atoms with van der Waals surface area (Å²) >= 11 is 5.76. The summed E-state index contributed by atoms with van der Waals surface area (Å²) in [6.45, 7) is 3.89. The number of benzene rings is 1. The SMILES string of the molecule is CCCCN(CCO)CCS(=O)(=O)c1ccc(Cl)cc1. The van der Waals surface area contributed by atoms with Crippen LogP contribution >= 0.6 is 11.6 Å². The average Bonchev–Trinajstić information content (AvgIpc) is 2.42. The van der Waals surface area contributed by atoms with Gasteiger partial charge in [-0.05, 0) is 37.2 Å². The Bertz CT molecular complexity index is 488. The summed E-state index contributed by atoms with van der Waals surface area (Å²) in [5, 5.41) is 9.53. The van der Waals surface area contributed by atoms with Gasteiger partial charge in [-0.15, -0.1) is 0 Å². The molecule has 1 aromatic rings. The molecule has 0 aliphatic heterocycles. The van der Waals surface area contributed by atoms with Gasteiger partial charge in [0.2, 0.25) is 0 Å². The summed E-state index contributed by atoms with van der Waals surface area (Å²) in [5.74, 6) is 0.0539. The second kappa shape index (κ2) is 8.62. The van der Waals surface area contributed by atoms with Crippen LogP contribution in [0.1, 0.15) is 19.8 Å². The molecular weight excluding hydrogens is 298 g/mol. The van der Waals surface area contributed by atoms with Crippen LogP contribution < -0.4 is 0 Å². The molecule has 20 heavy (non-hydrogen) atoms.